The van der Waals surface area contributed by atoms with Gasteiger partial charge in [-0.2, -0.15) is 0 Å². The van der Waals surface area contributed by atoms with Crippen LogP contribution in [0.2, 0.25) is 0 Å². The summed E-state index contributed by atoms with van der Waals surface area (Å²) in [4.78, 5) is 5.96. The molecule has 0 unspecified atom stereocenters. The van der Waals surface area contributed by atoms with Gasteiger partial charge in [0, 0.05) is 0 Å². The van der Waals surface area contributed by atoms with E-state index in [-0.39, 0.29) is 0 Å². The summed E-state index contributed by atoms with van der Waals surface area (Å²) < 4.78 is 0. The van der Waals surface area contributed by atoms with Gasteiger partial charge in [0.25, 0.3) is 0 Å². The molecule has 0 rings (SSSR count). The van der Waals surface area contributed by atoms with Crippen molar-refractivity contribution in [1.82, 2.24) is 9.96 Å². The van der Waals surface area contributed by atoms with Gasteiger partial charge in [0.2, 0.25) is 0 Å². The Labute approximate surface area is 66.5 Å². The van der Waals surface area contributed by atoms with Gasteiger partial charge in [0.15, 0.2) is 0 Å². The molecule has 0 heterocycles. The highest BCUT2D eigenvalue weighted by molar-refractivity contribution is 7.43. The highest BCUT2D eigenvalue weighted by Crippen LogP contribution is 2.04. The Morgan fingerprint density at radius 3 is 1.67 bits per heavy atom. The molecule has 0 aliphatic heterocycles. The first-order valence-corrected chi connectivity index (χ1v) is 7.02. The Bertz CT molecular complexity index is 71.0. The summed E-state index contributed by atoms with van der Waals surface area (Å²) >= 11 is 11.6. The molecule has 0 bridgehead atoms. The summed E-state index contributed by atoms with van der Waals surface area (Å²) in [5.74, 6) is 0. The largest absolute Gasteiger partial charge is 0.403 e. The molecule has 0 saturated carbocycles. The summed E-state index contributed by atoms with van der Waals surface area (Å²) in [5, 5.41) is 0. The van der Waals surface area contributed by atoms with E-state index in [4.69, 9.17) is 22.2 Å². The van der Waals surface area contributed by atoms with E-state index in [2.05, 4.69) is 9.96 Å². The molecule has 0 saturated heterocycles. The van der Waals surface area contributed by atoms with E-state index in [0.29, 0.717) is 0 Å². The van der Waals surface area contributed by atoms with E-state index in [0.717, 1.165) is 13.1 Å². The van der Waals surface area contributed by atoms with Gasteiger partial charge < -0.3 is 9.96 Å². The van der Waals surface area contributed by atoms with Crippen molar-refractivity contribution in [3.63, 3.8) is 0 Å². The van der Waals surface area contributed by atoms with Crippen LogP contribution in [-0.4, -0.2) is 20.1 Å². The fourth-order valence-corrected chi connectivity index (χ4v) is 3.12. The fourth-order valence-electron chi connectivity index (χ4n) is 0.507. The number of hydrogen-bond donors (Lipinski definition) is 2. The minimum atomic E-state index is -2.26. The fraction of sp³-hybridized carbons (Fsp3) is 1.00. The second-order valence-electron chi connectivity index (χ2n) is 1.64. The average molecular weight is 187 g/mol. The molecule has 5 heteroatoms. The van der Waals surface area contributed by atoms with E-state index in [1.54, 1.807) is 0 Å². The number of hydrogen-bond acceptors (Lipinski definition) is 2. The molecule has 0 spiro atoms. The van der Waals surface area contributed by atoms with E-state index in [9.17, 15) is 0 Å². The minimum Gasteiger partial charge on any atom is -0.301 e. The Morgan fingerprint density at radius 1 is 1.11 bits per heavy atom. The van der Waals surface area contributed by atoms with E-state index in [1.807, 2.05) is 13.8 Å². The molecule has 0 aliphatic carbocycles. The average Bonchev–Trinajstić information content (AvgIpc) is 1.64. The van der Waals surface area contributed by atoms with Crippen molar-refractivity contribution in [3.8, 4) is 0 Å². The van der Waals surface area contributed by atoms with Crippen molar-refractivity contribution < 1.29 is 0 Å². The summed E-state index contributed by atoms with van der Waals surface area (Å²) in [5.41, 5.74) is 0. The predicted molar refractivity (Wildman–Crippen MR) is 44.8 cm³/mol. The lowest BCUT2D eigenvalue weighted by Gasteiger charge is -2.16. The zero-order chi connectivity index (χ0) is 7.33. The smallest absolute Gasteiger partial charge is 0.301 e. The van der Waals surface area contributed by atoms with Gasteiger partial charge >= 0.3 is 7.02 Å². The van der Waals surface area contributed by atoms with Crippen molar-refractivity contribution in [2.75, 3.05) is 13.1 Å². The SMILES string of the molecule is CCN[Si](Cl)(Cl)NCC. The first kappa shape index (κ1) is 9.72. The quantitative estimate of drug-likeness (QED) is 0.509. The molecule has 0 fully saturated rings. The van der Waals surface area contributed by atoms with Crippen LogP contribution in [0.4, 0.5) is 0 Å². The van der Waals surface area contributed by atoms with Crippen molar-refractivity contribution >= 4 is 29.2 Å². The topological polar surface area (TPSA) is 24.1 Å². The van der Waals surface area contributed by atoms with Crippen molar-refractivity contribution in [2.45, 2.75) is 13.8 Å². The second-order valence-corrected chi connectivity index (χ2v) is 7.47. The Morgan fingerprint density at radius 2 is 1.44 bits per heavy atom. The normalized spacial score (nSPS) is 12.0. The van der Waals surface area contributed by atoms with Crippen LogP contribution in [0.3, 0.4) is 0 Å². The molecule has 0 radical (unpaired) electrons. The van der Waals surface area contributed by atoms with Gasteiger partial charge in [-0.1, -0.05) is 13.8 Å². The van der Waals surface area contributed by atoms with E-state index < -0.39 is 7.02 Å². The number of rotatable bonds is 4. The molecule has 0 aromatic heterocycles. The summed E-state index contributed by atoms with van der Waals surface area (Å²) in [6.07, 6.45) is 0. The Kier molecular flexibility index (Phi) is 4.88. The Hall–Kier alpha value is 0.717. The highest BCUT2D eigenvalue weighted by Gasteiger charge is 2.25. The first-order chi connectivity index (χ1) is 4.12. The molecule has 9 heavy (non-hydrogen) atoms. The van der Waals surface area contributed by atoms with Crippen molar-refractivity contribution in [1.29, 1.82) is 0 Å². The van der Waals surface area contributed by atoms with Gasteiger partial charge in [-0.3, -0.25) is 0 Å². The summed E-state index contributed by atoms with van der Waals surface area (Å²) in [6.45, 7) is 5.58. The zero-order valence-corrected chi connectivity index (χ0v) is 8.18. The molecular weight excluding hydrogens is 175 g/mol. The first-order valence-electron chi connectivity index (χ1n) is 3.00. The van der Waals surface area contributed by atoms with Crippen LogP contribution < -0.4 is 9.96 Å². The minimum absolute atomic E-state index is 0.812. The lowest BCUT2D eigenvalue weighted by molar-refractivity contribution is 0.906. The monoisotopic (exact) mass is 186 g/mol. The maximum atomic E-state index is 5.82. The summed E-state index contributed by atoms with van der Waals surface area (Å²) in [6, 6.07) is 0. The third-order valence-corrected chi connectivity index (χ3v) is 4.00. The molecule has 2 nitrogen and oxygen atoms in total. The molecule has 0 aromatic rings. The van der Waals surface area contributed by atoms with Crippen LogP contribution in [0.15, 0.2) is 0 Å². The van der Waals surface area contributed by atoms with Crippen LogP contribution >= 0.6 is 22.2 Å². The van der Waals surface area contributed by atoms with Gasteiger partial charge in [0.1, 0.15) is 0 Å². The molecule has 0 aromatic carbocycles. The lowest BCUT2D eigenvalue weighted by atomic mass is 10.8. The molecule has 2 N–H and O–H groups in total. The summed E-state index contributed by atoms with van der Waals surface area (Å²) in [7, 11) is -2.26. The molecular formula is C4H12Cl2N2Si. The maximum absolute atomic E-state index is 5.82. The van der Waals surface area contributed by atoms with E-state index >= 15 is 0 Å². The predicted octanol–water partition coefficient (Wildman–Crippen LogP) is 1.12. The van der Waals surface area contributed by atoms with Crippen LogP contribution in [0.5, 0.6) is 0 Å². The third-order valence-electron chi connectivity index (χ3n) is 0.798. The second kappa shape index (κ2) is 4.52. The third kappa shape index (κ3) is 5.18. The van der Waals surface area contributed by atoms with Crippen LogP contribution in [0.25, 0.3) is 0 Å². The lowest BCUT2D eigenvalue weighted by Crippen LogP contribution is -2.53. The van der Waals surface area contributed by atoms with Gasteiger partial charge in [-0.15, -0.1) is 22.2 Å². The van der Waals surface area contributed by atoms with Gasteiger partial charge in [-0.05, 0) is 13.1 Å². The molecule has 0 aliphatic rings. The molecule has 56 valence electrons. The van der Waals surface area contributed by atoms with Gasteiger partial charge in [-0.25, -0.2) is 0 Å². The van der Waals surface area contributed by atoms with Crippen molar-refractivity contribution in [2.24, 2.45) is 0 Å². The van der Waals surface area contributed by atoms with Crippen molar-refractivity contribution in [3.05, 3.63) is 0 Å². The van der Waals surface area contributed by atoms with Crippen LogP contribution in [-0.2, 0) is 0 Å². The number of nitrogens with one attached hydrogen (secondary N) is 2. The van der Waals surface area contributed by atoms with Crippen LogP contribution in [0, 0.1) is 0 Å². The number of halogens is 2. The van der Waals surface area contributed by atoms with Gasteiger partial charge in [0.05, 0.1) is 0 Å². The zero-order valence-electron chi connectivity index (χ0n) is 5.67. The standard InChI is InChI=1S/C4H12Cl2N2Si/c1-3-7-9(5,6)8-4-2/h7-8H,3-4H2,1-2H3. The highest BCUT2D eigenvalue weighted by atomic mass is 35.7. The van der Waals surface area contributed by atoms with E-state index in [1.165, 1.54) is 0 Å². The Balaban J connectivity index is 3.43. The maximum Gasteiger partial charge on any atom is 0.403 e. The molecule has 0 atom stereocenters. The van der Waals surface area contributed by atoms with Crippen LogP contribution in [0.1, 0.15) is 13.8 Å². The molecule has 0 amide bonds.